The molecule has 1 fully saturated rings. The highest BCUT2D eigenvalue weighted by Gasteiger charge is 2.32. The Balaban J connectivity index is 1.88. The number of hydrogen-bond donors (Lipinski definition) is 1. The Bertz CT molecular complexity index is 724. The second-order valence-electron chi connectivity index (χ2n) is 5.68. The van der Waals surface area contributed by atoms with Gasteiger partial charge in [0.05, 0.1) is 29.1 Å². The maximum absolute atomic E-state index is 12.7. The molecular weight excluding hydrogens is 294 g/mol. The second kappa shape index (κ2) is 6.24. The van der Waals surface area contributed by atoms with Crippen molar-refractivity contribution >= 4 is 11.9 Å². The molecule has 0 aliphatic carbocycles. The molecule has 1 atom stereocenters. The zero-order valence-electron chi connectivity index (χ0n) is 13.0. The Hall–Kier alpha value is -2.63. The van der Waals surface area contributed by atoms with E-state index in [0.717, 1.165) is 11.4 Å². The topological polar surface area (TPSA) is 75.4 Å². The van der Waals surface area contributed by atoms with Gasteiger partial charge < -0.3 is 10.0 Å². The van der Waals surface area contributed by atoms with Crippen LogP contribution in [-0.2, 0) is 11.2 Å². The number of rotatable bonds is 4. The number of para-hydroxylation sites is 1. The molecule has 0 unspecified atom stereocenters. The fourth-order valence-corrected chi connectivity index (χ4v) is 3.00. The lowest BCUT2D eigenvalue weighted by Gasteiger charge is -2.16. The number of aromatic nitrogens is 2. The zero-order valence-corrected chi connectivity index (χ0v) is 13.0. The van der Waals surface area contributed by atoms with Crippen molar-refractivity contribution in [2.24, 2.45) is 5.92 Å². The van der Waals surface area contributed by atoms with Gasteiger partial charge in [-0.15, -0.1) is 0 Å². The molecule has 1 aromatic carbocycles. The molecule has 0 bridgehead atoms. The van der Waals surface area contributed by atoms with Gasteiger partial charge in [-0.25, -0.2) is 4.68 Å². The van der Waals surface area contributed by atoms with Crippen molar-refractivity contribution in [3.05, 3.63) is 47.8 Å². The van der Waals surface area contributed by atoms with Gasteiger partial charge in [0.1, 0.15) is 0 Å². The zero-order chi connectivity index (χ0) is 16.4. The summed E-state index contributed by atoms with van der Waals surface area (Å²) >= 11 is 0. The van der Waals surface area contributed by atoms with Gasteiger partial charge in [-0.1, -0.05) is 25.1 Å². The predicted octanol–water partition coefficient (Wildman–Crippen LogP) is 1.98. The second-order valence-corrected chi connectivity index (χ2v) is 5.68. The maximum atomic E-state index is 12.7. The van der Waals surface area contributed by atoms with E-state index in [1.807, 2.05) is 37.3 Å². The molecule has 1 amide bonds. The standard InChI is InChI=1S/C17H19N3O3/c1-2-15-14(10-18-20(15)13-6-4-3-5-7-13)16(21)19-9-8-12(11-19)17(22)23/h3-7,10,12H,2,8-9,11H2,1H3,(H,22,23)/t12-/m0/s1. The Morgan fingerprint density at radius 2 is 2.04 bits per heavy atom. The van der Waals surface area contributed by atoms with Gasteiger partial charge in [-0.3, -0.25) is 9.59 Å². The molecule has 23 heavy (non-hydrogen) atoms. The summed E-state index contributed by atoms with van der Waals surface area (Å²) in [6, 6.07) is 9.67. The number of carboxylic acids is 1. The summed E-state index contributed by atoms with van der Waals surface area (Å²) in [6.45, 7) is 2.74. The van der Waals surface area contributed by atoms with E-state index in [9.17, 15) is 9.59 Å². The first-order valence-electron chi connectivity index (χ1n) is 7.76. The van der Waals surface area contributed by atoms with Crippen molar-refractivity contribution in [1.82, 2.24) is 14.7 Å². The third-order valence-corrected chi connectivity index (χ3v) is 4.26. The Morgan fingerprint density at radius 3 is 2.65 bits per heavy atom. The van der Waals surface area contributed by atoms with E-state index < -0.39 is 11.9 Å². The maximum Gasteiger partial charge on any atom is 0.308 e. The lowest BCUT2D eigenvalue weighted by molar-refractivity contribution is -0.141. The summed E-state index contributed by atoms with van der Waals surface area (Å²) in [5, 5.41) is 13.4. The van der Waals surface area contributed by atoms with Crippen molar-refractivity contribution in [2.45, 2.75) is 19.8 Å². The van der Waals surface area contributed by atoms with E-state index in [4.69, 9.17) is 5.11 Å². The lowest BCUT2D eigenvalue weighted by Crippen LogP contribution is -2.30. The summed E-state index contributed by atoms with van der Waals surface area (Å²) < 4.78 is 1.78. The molecule has 3 rings (SSSR count). The minimum absolute atomic E-state index is 0.132. The fraction of sp³-hybridized carbons (Fsp3) is 0.353. The van der Waals surface area contributed by atoms with E-state index >= 15 is 0 Å². The number of likely N-dealkylation sites (tertiary alicyclic amines) is 1. The van der Waals surface area contributed by atoms with Gasteiger partial charge >= 0.3 is 5.97 Å². The summed E-state index contributed by atoms with van der Waals surface area (Å²) in [7, 11) is 0. The molecule has 0 spiro atoms. The number of carboxylic acid groups (broad SMARTS) is 1. The summed E-state index contributed by atoms with van der Waals surface area (Å²) in [6.07, 6.45) is 2.77. The van der Waals surface area contributed by atoms with Crippen LogP contribution in [0.15, 0.2) is 36.5 Å². The summed E-state index contributed by atoms with van der Waals surface area (Å²) in [4.78, 5) is 25.4. The SMILES string of the molecule is CCc1c(C(=O)N2CC[C@H](C(=O)O)C2)cnn1-c1ccccc1. The van der Waals surface area contributed by atoms with Gasteiger partial charge in [0, 0.05) is 13.1 Å². The monoisotopic (exact) mass is 313 g/mol. The van der Waals surface area contributed by atoms with Crippen LogP contribution in [0, 0.1) is 5.92 Å². The Morgan fingerprint density at radius 1 is 1.30 bits per heavy atom. The van der Waals surface area contributed by atoms with Crippen LogP contribution in [0.4, 0.5) is 0 Å². The number of carbonyl (C=O) groups is 2. The first-order valence-corrected chi connectivity index (χ1v) is 7.76. The van der Waals surface area contributed by atoms with Crippen molar-refractivity contribution in [1.29, 1.82) is 0 Å². The van der Waals surface area contributed by atoms with E-state index in [-0.39, 0.29) is 12.5 Å². The number of nitrogens with zero attached hydrogens (tertiary/aromatic N) is 3. The largest absolute Gasteiger partial charge is 0.481 e. The Kier molecular flexibility index (Phi) is 4.14. The highest BCUT2D eigenvalue weighted by atomic mass is 16.4. The molecule has 2 aromatic rings. The molecule has 1 aliphatic heterocycles. The number of amides is 1. The van der Waals surface area contributed by atoms with Gasteiger partial charge in [-0.2, -0.15) is 5.10 Å². The third kappa shape index (κ3) is 2.84. The first-order chi connectivity index (χ1) is 11.1. The van der Waals surface area contributed by atoms with Crippen LogP contribution in [0.5, 0.6) is 0 Å². The van der Waals surface area contributed by atoms with Crippen LogP contribution in [-0.4, -0.2) is 44.8 Å². The normalized spacial score (nSPS) is 17.4. The van der Waals surface area contributed by atoms with Gasteiger partial charge in [0.15, 0.2) is 0 Å². The van der Waals surface area contributed by atoms with Gasteiger partial charge in [-0.05, 0) is 25.0 Å². The highest BCUT2D eigenvalue weighted by molar-refractivity contribution is 5.95. The van der Waals surface area contributed by atoms with E-state index in [2.05, 4.69) is 5.10 Å². The number of aliphatic carboxylic acids is 1. The molecule has 2 heterocycles. The Labute approximate surface area is 134 Å². The molecule has 1 saturated heterocycles. The summed E-state index contributed by atoms with van der Waals surface area (Å²) in [5.41, 5.74) is 2.32. The minimum atomic E-state index is -0.837. The molecule has 1 aromatic heterocycles. The molecule has 1 aliphatic rings. The van der Waals surface area contributed by atoms with Crippen LogP contribution >= 0.6 is 0 Å². The first kappa shape index (κ1) is 15.3. The molecular formula is C17H19N3O3. The number of carbonyl (C=O) groups excluding carboxylic acids is 1. The average Bonchev–Trinajstić information content (AvgIpc) is 3.22. The minimum Gasteiger partial charge on any atom is -0.481 e. The van der Waals surface area contributed by atoms with Gasteiger partial charge in [0.2, 0.25) is 0 Å². The van der Waals surface area contributed by atoms with Crippen molar-refractivity contribution < 1.29 is 14.7 Å². The van der Waals surface area contributed by atoms with Crippen molar-refractivity contribution in [2.75, 3.05) is 13.1 Å². The van der Waals surface area contributed by atoms with E-state index in [1.165, 1.54) is 0 Å². The summed E-state index contributed by atoms with van der Waals surface area (Å²) in [5.74, 6) is -1.43. The molecule has 6 heteroatoms. The van der Waals surface area contributed by atoms with Gasteiger partial charge in [0.25, 0.3) is 5.91 Å². The van der Waals surface area contributed by atoms with Crippen LogP contribution < -0.4 is 0 Å². The number of benzene rings is 1. The van der Waals surface area contributed by atoms with Crippen LogP contribution in [0.25, 0.3) is 5.69 Å². The van der Waals surface area contributed by atoms with Crippen LogP contribution in [0.2, 0.25) is 0 Å². The molecule has 120 valence electrons. The van der Waals surface area contributed by atoms with Crippen molar-refractivity contribution in [3.8, 4) is 5.69 Å². The smallest absolute Gasteiger partial charge is 0.308 e. The third-order valence-electron chi connectivity index (χ3n) is 4.26. The molecule has 6 nitrogen and oxygen atoms in total. The van der Waals surface area contributed by atoms with Crippen LogP contribution in [0.3, 0.4) is 0 Å². The predicted molar refractivity (Wildman–Crippen MR) is 84.6 cm³/mol. The molecule has 0 radical (unpaired) electrons. The number of hydrogen-bond acceptors (Lipinski definition) is 3. The van der Waals surface area contributed by atoms with E-state index in [1.54, 1.807) is 15.8 Å². The lowest BCUT2D eigenvalue weighted by atomic mass is 10.1. The molecule has 1 N–H and O–H groups in total. The molecule has 0 saturated carbocycles. The van der Waals surface area contributed by atoms with E-state index in [0.29, 0.717) is 24.9 Å². The van der Waals surface area contributed by atoms with Crippen molar-refractivity contribution in [3.63, 3.8) is 0 Å². The van der Waals surface area contributed by atoms with Crippen LogP contribution in [0.1, 0.15) is 29.4 Å². The fourth-order valence-electron chi connectivity index (χ4n) is 3.00. The highest BCUT2D eigenvalue weighted by Crippen LogP contribution is 2.22. The average molecular weight is 313 g/mol. The quantitative estimate of drug-likeness (QED) is 0.936.